The van der Waals surface area contributed by atoms with Crippen molar-refractivity contribution in [1.29, 1.82) is 0 Å². The van der Waals surface area contributed by atoms with Gasteiger partial charge in [0, 0.05) is 19.1 Å². The Kier molecular flexibility index (Phi) is 5.59. The molecule has 4 nitrogen and oxygen atoms in total. The highest BCUT2D eigenvalue weighted by atomic mass is 16.2. The van der Waals surface area contributed by atoms with E-state index in [-0.39, 0.29) is 5.91 Å². The number of nitrogens with one attached hydrogen (secondary N) is 1. The van der Waals surface area contributed by atoms with Crippen LogP contribution in [0.25, 0.3) is 0 Å². The highest BCUT2D eigenvalue weighted by molar-refractivity contribution is 5.92. The van der Waals surface area contributed by atoms with Crippen LogP contribution in [-0.4, -0.2) is 34.9 Å². The van der Waals surface area contributed by atoms with E-state index in [0.717, 1.165) is 38.0 Å². The first-order valence-electron chi connectivity index (χ1n) is 8.12. The standard InChI is InChI=1S/C17H27N3O/c1-4-15-7-5-6-10-20(15)17(21)16-9-8-14(12-19-16)18-11-13(2)3/h8-9,12-13,15,18H,4-7,10-11H2,1-3H3. The summed E-state index contributed by atoms with van der Waals surface area (Å²) in [6, 6.07) is 4.17. The summed E-state index contributed by atoms with van der Waals surface area (Å²) >= 11 is 0. The fourth-order valence-corrected chi connectivity index (χ4v) is 2.79. The second kappa shape index (κ2) is 7.43. The molecule has 0 spiro atoms. The molecule has 1 N–H and O–H groups in total. The Morgan fingerprint density at radius 2 is 2.24 bits per heavy atom. The molecule has 1 unspecified atom stereocenters. The third-order valence-corrected chi connectivity index (χ3v) is 4.06. The molecule has 0 bridgehead atoms. The molecule has 116 valence electrons. The first kappa shape index (κ1) is 15.8. The Labute approximate surface area is 127 Å². The topological polar surface area (TPSA) is 45.2 Å². The summed E-state index contributed by atoms with van der Waals surface area (Å²) in [6.07, 6.45) is 6.25. The number of aromatic nitrogens is 1. The van der Waals surface area contributed by atoms with Gasteiger partial charge in [0.1, 0.15) is 5.69 Å². The molecular formula is C17H27N3O. The number of carbonyl (C=O) groups excluding carboxylic acids is 1. The van der Waals surface area contributed by atoms with E-state index >= 15 is 0 Å². The number of nitrogens with zero attached hydrogens (tertiary/aromatic N) is 2. The molecule has 1 atom stereocenters. The van der Waals surface area contributed by atoms with Gasteiger partial charge in [-0.05, 0) is 43.7 Å². The Morgan fingerprint density at radius 3 is 2.86 bits per heavy atom. The summed E-state index contributed by atoms with van der Waals surface area (Å²) in [5.74, 6) is 0.668. The summed E-state index contributed by atoms with van der Waals surface area (Å²) in [6.45, 7) is 8.27. The molecule has 1 saturated heterocycles. The van der Waals surface area contributed by atoms with E-state index in [0.29, 0.717) is 17.7 Å². The summed E-state index contributed by atoms with van der Waals surface area (Å²) < 4.78 is 0. The van der Waals surface area contributed by atoms with Crippen LogP contribution in [0.15, 0.2) is 18.3 Å². The van der Waals surface area contributed by atoms with E-state index in [4.69, 9.17) is 0 Å². The van der Waals surface area contributed by atoms with Gasteiger partial charge in [-0.2, -0.15) is 0 Å². The van der Waals surface area contributed by atoms with Gasteiger partial charge in [-0.15, -0.1) is 0 Å². The third kappa shape index (κ3) is 4.19. The predicted molar refractivity (Wildman–Crippen MR) is 86.5 cm³/mol. The van der Waals surface area contributed by atoms with Crippen LogP contribution in [0.4, 0.5) is 5.69 Å². The van der Waals surface area contributed by atoms with Crippen molar-refractivity contribution in [2.24, 2.45) is 5.92 Å². The van der Waals surface area contributed by atoms with E-state index in [2.05, 4.69) is 31.1 Å². The first-order valence-corrected chi connectivity index (χ1v) is 8.12. The van der Waals surface area contributed by atoms with Gasteiger partial charge >= 0.3 is 0 Å². The highest BCUT2D eigenvalue weighted by Crippen LogP contribution is 2.21. The van der Waals surface area contributed by atoms with Gasteiger partial charge in [-0.3, -0.25) is 4.79 Å². The second-order valence-corrected chi connectivity index (χ2v) is 6.26. The highest BCUT2D eigenvalue weighted by Gasteiger charge is 2.26. The predicted octanol–water partition coefficient (Wildman–Crippen LogP) is 3.55. The van der Waals surface area contributed by atoms with Gasteiger partial charge in [0.2, 0.25) is 0 Å². The Balaban J connectivity index is 2.01. The number of amides is 1. The molecule has 1 amide bonds. The lowest BCUT2D eigenvalue weighted by Crippen LogP contribution is -2.43. The SMILES string of the molecule is CCC1CCCCN1C(=O)c1ccc(NCC(C)C)cn1. The van der Waals surface area contributed by atoms with Crippen molar-refractivity contribution in [1.82, 2.24) is 9.88 Å². The molecule has 0 saturated carbocycles. The van der Waals surface area contributed by atoms with Crippen LogP contribution in [0.1, 0.15) is 56.9 Å². The van der Waals surface area contributed by atoms with Crippen LogP contribution < -0.4 is 5.32 Å². The van der Waals surface area contributed by atoms with Crippen molar-refractivity contribution < 1.29 is 4.79 Å². The minimum absolute atomic E-state index is 0.0805. The smallest absolute Gasteiger partial charge is 0.272 e. The maximum absolute atomic E-state index is 12.6. The zero-order valence-corrected chi connectivity index (χ0v) is 13.4. The minimum Gasteiger partial charge on any atom is -0.384 e. The minimum atomic E-state index is 0.0805. The fraction of sp³-hybridized carbons (Fsp3) is 0.647. The van der Waals surface area contributed by atoms with Crippen molar-refractivity contribution >= 4 is 11.6 Å². The first-order chi connectivity index (χ1) is 10.1. The number of hydrogen-bond acceptors (Lipinski definition) is 3. The molecule has 2 heterocycles. The van der Waals surface area contributed by atoms with Gasteiger partial charge in [0.15, 0.2) is 0 Å². The molecule has 2 rings (SSSR count). The molecule has 21 heavy (non-hydrogen) atoms. The Hall–Kier alpha value is -1.58. The molecule has 0 aliphatic carbocycles. The van der Waals surface area contributed by atoms with Crippen molar-refractivity contribution in [3.05, 3.63) is 24.0 Å². The summed E-state index contributed by atoms with van der Waals surface area (Å²) in [7, 11) is 0. The van der Waals surface area contributed by atoms with Crippen molar-refractivity contribution in [3.63, 3.8) is 0 Å². The van der Waals surface area contributed by atoms with E-state index in [1.807, 2.05) is 17.0 Å². The van der Waals surface area contributed by atoms with Gasteiger partial charge < -0.3 is 10.2 Å². The lowest BCUT2D eigenvalue weighted by atomic mass is 9.99. The molecular weight excluding hydrogens is 262 g/mol. The lowest BCUT2D eigenvalue weighted by Gasteiger charge is -2.35. The Bertz CT molecular complexity index is 456. The molecule has 1 aromatic rings. The number of carbonyl (C=O) groups is 1. The summed E-state index contributed by atoms with van der Waals surface area (Å²) in [4.78, 5) is 18.9. The zero-order chi connectivity index (χ0) is 15.2. The van der Waals surface area contributed by atoms with Crippen LogP contribution in [0.5, 0.6) is 0 Å². The van der Waals surface area contributed by atoms with Gasteiger partial charge in [0.25, 0.3) is 5.91 Å². The molecule has 1 fully saturated rings. The fourth-order valence-electron chi connectivity index (χ4n) is 2.79. The Morgan fingerprint density at radius 1 is 1.43 bits per heavy atom. The number of pyridine rings is 1. The zero-order valence-electron chi connectivity index (χ0n) is 13.4. The average Bonchev–Trinajstić information content (AvgIpc) is 2.52. The largest absolute Gasteiger partial charge is 0.384 e. The molecule has 1 aliphatic rings. The van der Waals surface area contributed by atoms with Gasteiger partial charge in [0.05, 0.1) is 11.9 Å². The van der Waals surface area contributed by atoms with E-state index in [1.54, 1.807) is 6.20 Å². The second-order valence-electron chi connectivity index (χ2n) is 6.26. The maximum atomic E-state index is 12.6. The van der Waals surface area contributed by atoms with Crippen LogP contribution >= 0.6 is 0 Å². The van der Waals surface area contributed by atoms with Crippen LogP contribution in [0.2, 0.25) is 0 Å². The van der Waals surface area contributed by atoms with Crippen LogP contribution in [0.3, 0.4) is 0 Å². The van der Waals surface area contributed by atoms with E-state index in [1.165, 1.54) is 6.42 Å². The van der Waals surface area contributed by atoms with E-state index < -0.39 is 0 Å². The van der Waals surface area contributed by atoms with Crippen molar-refractivity contribution in [3.8, 4) is 0 Å². The maximum Gasteiger partial charge on any atom is 0.272 e. The number of likely N-dealkylation sites (tertiary alicyclic amines) is 1. The summed E-state index contributed by atoms with van der Waals surface area (Å²) in [5, 5.41) is 3.32. The van der Waals surface area contributed by atoms with Gasteiger partial charge in [-0.1, -0.05) is 20.8 Å². The summed E-state index contributed by atoms with van der Waals surface area (Å²) in [5.41, 5.74) is 1.54. The lowest BCUT2D eigenvalue weighted by molar-refractivity contribution is 0.0602. The number of hydrogen-bond donors (Lipinski definition) is 1. The molecule has 0 radical (unpaired) electrons. The average molecular weight is 289 g/mol. The number of piperidine rings is 1. The van der Waals surface area contributed by atoms with Gasteiger partial charge in [-0.25, -0.2) is 4.98 Å². The normalized spacial score (nSPS) is 18.9. The molecule has 1 aliphatic heterocycles. The number of anilines is 1. The van der Waals surface area contributed by atoms with Crippen LogP contribution in [0, 0.1) is 5.92 Å². The molecule has 1 aromatic heterocycles. The van der Waals surface area contributed by atoms with Crippen molar-refractivity contribution in [2.75, 3.05) is 18.4 Å². The van der Waals surface area contributed by atoms with Crippen LogP contribution in [-0.2, 0) is 0 Å². The molecule has 4 heteroatoms. The quantitative estimate of drug-likeness (QED) is 0.901. The molecule has 0 aromatic carbocycles. The van der Waals surface area contributed by atoms with E-state index in [9.17, 15) is 4.79 Å². The third-order valence-electron chi connectivity index (χ3n) is 4.06. The van der Waals surface area contributed by atoms with Crippen molar-refractivity contribution in [2.45, 2.75) is 52.5 Å². The monoisotopic (exact) mass is 289 g/mol. The number of rotatable bonds is 5.